The molecular formula is C30H26F2N6O3. The summed E-state index contributed by atoms with van der Waals surface area (Å²) < 4.78 is 32.1. The Morgan fingerprint density at radius 3 is 2.37 bits per heavy atom. The van der Waals surface area contributed by atoms with Crippen LogP contribution in [0.2, 0.25) is 0 Å². The molecule has 5 N–H and O–H groups in total. The van der Waals surface area contributed by atoms with Crippen LogP contribution in [0, 0.1) is 11.6 Å². The van der Waals surface area contributed by atoms with E-state index in [1.54, 1.807) is 16.6 Å². The molecule has 2 aromatic carbocycles. The molecule has 0 aliphatic heterocycles. The summed E-state index contributed by atoms with van der Waals surface area (Å²) in [6, 6.07) is 12.9. The van der Waals surface area contributed by atoms with Crippen molar-refractivity contribution in [2.24, 2.45) is 5.73 Å². The highest BCUT2D eigenvalue weighted by Gasteiger charge is 2.27. The van der Waals surface area contributed by atoms with Gasteiger partial charge in [-0.2, -0.15) is 5.10 Å². The standard InChI is InChI=1S/C30H26F2N6O3/c31-18-4-6-19(7-5-18)37-12-11-21(26(29(34)40)30(37)41)17-3-10-22(24(32)13-17)23-14-25(16-1-8-20(39)9-2-16)38-27(23)28(33)35-15-36-38/h3-7,10-16,20,39H,1-2,8-9H2,(H2,34,40)(H2,33,35,36)/t16-,20+. The van der Waals surface area contributed by atoms with Crippen LogP contribution in [-0.2, 0) is 0 Å². The second-order valence-electron chi connectivity index (χ2n) is 10.2. The monoisotopic (exact) mass is 556 g/mol. The van der Waals surface area contributed by atoms with Gasteiger partial charge in [0, 0.05) is 40.2 Å². The fourth-order valence-corrected chi connectivity index (χ4v) is 5.68. The summed E-state index contributed by atoms with van der Waals surface area (Å²) in [5.41, 5.74) is 13.7. The van der Waals surface area contributed by atoms with Gasteiger partial charge in [0.15, 0.2) is 5.82 Å². The van der Waals surface area contributed by atoms with Crippen molar-refractivity contribution in [3.05, 3.63) is 100 Å². The number of carbonyl (C=O) groups excluding carboxylic acids is 1. The molecule has 3 heterocycles. The third-order valence-electron chi connectivity index (χ3n) is 7.74. The van der Waals surface area contributed by atoms with Gasteiger partial charge in [0.1, 0.15) is 29.0 Å². The van der Waals surface area contributed by atoms with E-state index in [2.05, 4.69) is 10.1 Å². The van der Waals surface area contributed by atoms with Crippen LogP contribution >= 0.6 is 0 Å². The van der Waals surface area contributed by atoms with E-state index in [4.69, 9.17) is 11.5 Å². The fraction of sp³-hybridized carbons (Fsp3) is 0.200. The minimum Gasteiger partial charge on any atom is -0.393 e. The van der Waals surface area contributed by atoms with Gasteiger partial charge in [-0.05, 0) is 73.7 Å². The molecule has 3 aromatic heterocycles. The third-order valence-corrected chi connectivity index (χ3v) is 7.74. The Bertz CT molecular complexity index is 1860. The number of hydrogen-bond acceptors (Lipinski definition) is 6. The molecule has 208 valence electrons. The fourth-order valence-electron chi connectivity index (χ4n) is 5.68. The Kier molecular flexibility index (Phi) is 6.58. The number of halogens is 2. The zero-order valence-electron chi connectivity index (χ0n) is 21.8. The molecular weight excluding hydrogens is 530 g/mol. The first-order chi connectivity index (χ1) is 19.7. The molecule has 1 saturated carbocycles. The lowest BCUT2D eigenvalue weighted by Crippen LogP contribution is -2.29. The van der Waals surface area contributed by atoms with E-state index < -0.39 is 23.1 Å². The highest BCUT2D eigenvalue weighted by Crippen LogP contribution is 2.40. The number of nitrogens with zero attached hydrogens (tertiary/aromatic N) is 4. The van der Waals surface area contributed by atoms with Gasteiger partial charge in [-0.1, -0.05) is 12.1 Å². The van der Waals surface area contributed by atoms with Crippen molar-refractivity contribution in [3.63, 3.8) is 0 Å². The zero-order chi connectivity index (χ0) is 28.8. The lowest BCUT2D eigenvalue weighted by atomic mass is 9.85. The van der Waals surface area contributed by atoms with Gasteiger partial charge in [-0.25, -0.2) is 18.3 Å². The number of benzene rings is 2. The molecule has 0 atom stereocenters. The van der Waals surface area contributed by atoms with Gasteiger partial charge < -0.3 is 16.6 Å². The summed E-state index contributed by atoms with van der Waals surface area (Å²) in [7, 11) is 0. The van der Waals surface area contributed by atoms with Crippen LogP contribution in [0.15, 0.2) is 71.9 Å². The van der Waals surface area contributed by atoms with Gasteiger partial charge >= 0.3 is 0 Å². The van der Waals surface area contributed by atoms with Crippen LogP contribution in [0.25, 0.3) is 33.5 Å². The minimum atomic E-state index is -0.975. The number of fused-ring (bicyclic) bond motifs is 1. The predicted molar refractivity (Wildman–Crippen MR) is 150 cm³/mol. The van der Waals surface area contributed by atoms with Gasteiger partial charge in [0.2, 0.25) is 0 Å². The summed E-state index contributed by atoms with van der Waals surface area (Å²) in [6.07, 6.45) is 5.30. The maximum Gasteiger partial charge on any atom is 0.268 e. The Morgan fingerprint density at radius 2 is 1.68 bits per heavy atom. The van der Waals surface area contributed by atoms with Crippen molar-refractivity contribution in [2.75, 3.05) is 5.73 Å². The Morgan fingerprint density at radius 1 is 0.951 bits per heavy atom. The zero-order valence-corrected chi connectivity index (χ0v) is 21.8. The molecule has 6 rings (SSSR count). The minimum absolute atomic E-state index is 0.113. The van der Waals surface area contributed by atoms with Crippen LogP contribution in [0.4, 0.5) is 14.6 Å². The topological polar surface area (TPSA) is 142 Å². The van der Waals surface area contributed by atoms with Gasteiger partial charge in [0.05, 0.1) is 6.10 Å². The number of carbonyl (C=O) groups is 1. The van der Waals surface area contributed by atoms with E-state index in [1.807, 2.05) is 6.07 Å². The maximum atomic E-state index is 15.8. The summed E-state index contributed by atoms with van der Waals surface area (Å²) in [5, 5.41) is 14.3. The normalized spacial score (nSPS) is 17.1. The molecule has 0 radical (unpaired) electrons. The predicted octanol–water partition coefficient (Wildman–Crippen LogP) is 4.19. The van der Waals surface area contributed by atoms with E-state index in [0.29, 0.717) is 29.6 Å². The van der Waals surface area contributed by atoms with Crippen LogP contribution in [-0.4, -0.2) is 36.3 Å². The first-order valence-electron chi connectivity index (χ1n) is 13.1. The average molecular weight is 557 g/mol. The number of rotatable bonds is 5. The second-order valence-corrected chi connectivity index (χ2v) is 10.2. The van der Waals surface area contributed by atoms with Crippen molar-refractivity contribution < 1.29 is 18.7 Å². The number of hydrogen-bond donors (Lipinski definition) is 3. The number of nitrogens with two attached hydrogens (primary N) is 2. The first kappa shape index (κ1) is 26.3. The summed E-state index contributed by atoms with van der Waals surface area (Å²) >= 11 is 0. The van der Waals surface area contributed by atoms with Gasteiger partial charge in [0.25, 0.3) is 11.5 Å². The number of aromatic nitrogens is 4. The van der Waals surface area contributed by atoms with Crippen molar-refractivity contribution in [1.82, 2.24) is 19.2 Å². The largest absolute Gasteiger partial charge is 0.393 e. The van der Waals surface area contributed by atoms with Crippen LogP contribution < -0.4 is 17.0 Å². The lowest BCUT2D eigenvalue weighted by Gasteiger charge is -2.24. The lowest BCUT2D eigenvalue weighted by molar-refractivity contribution is 0.0999. The molecule has 41 heavy (non-hydrogen) atoms. The molecule has 1 fully saturated rings. The number of aliphatic hydroxyl groups is 1. The molecule has 1 aliphatic rings. The Hall–Kier alpha value is -4.90. The van der Waals surface area contributed by atoms with Crippen molar-refractivity contribution in [1.29, 1.82) is 0 Å². The first-order valence-corrected chi connectivity index (χ1v) is 13.1. The van der Waals surface area contributed by atoms with E-state index in [1.165, 1.54) is 53.5 Å². The highest BCUT2D eigenvalue weighted by atomic mass is 19.1. The number of primary amides is 1. The average Bonchev–Trinajstić information content (AvgIpc) is 3.34. The molecule has 0 saturated heterocycles. The Balaban J connectivity index is 1.45. The van der Waals surface area contributed by atoms with E-state index in [0.717, 1.165) is 18.5 Å². The van der Waals surface area contributed by atoms with Crippen LogP contribution in [0.5, 0.6) is 0 Å². The molecule has 0 spiro atoms. The molecule has 0 unspecified atom stereocenters. The molecule has 0 bridgehead atoms. The number of amides is 1. The molecule has 11 heteroatoms. The second kappa shape index (κ2) is 10.3. The van der Waals surface area contributed by atoms with E-state index in [9.17, 15) is 19.1 Å². The summed E-state index contributed by atoms with van der Waals surface area (Å²) in [5.74, 6) is -1.75. The molecule has 1 aliphatic carbocycles. The van der Waals surface area contributed by atoms with Crippen LogP contribution in [0.1, 0.15) is 47.7 Å². The molecule has 5 aromatic rings. The van der Waals surface area contributed by atoms with Gasteiger partial charge in [-0.15, -0.1) is 0 Å². The molecule has 9 nitrogen and oxygen atoms in total. The van der Waals surface area contributed by atoms with Gasteiger partial charge in [-0.3, -0.25) is 14.2 Å². The van der Waals surface area contributed by atoms with Crippen molar-refractivity contribution in [2.45, 2.75) is 37.7 Å². The van der Waals surface area contributed by atoms with E-state index >= 15 is 4.39 Å². The summed E-state index contributed by atoms with van der Waals surface area (Å²) in [4.78, 5) is 29.8. The smallest absolute Gasteiger partial charge is 0.268 e. The van der Waals surface area contributed by atoms with E-state index in [-0.39, 0.29) is 40.1 Å². The quantitative estimate of drug-likeness (QED) is 0.296. The van der Waals surface area contributed by atoms with Crippen molar-refractivity contribution >= 4 is 17.2 Å². The number of pyridine rings is 1. The molecule has 1 amide bonds. The maximum absolute atomic E-state index is 15.8. The Labute approximate surface area is 232 Å². The SMILES string of the molecule is NC(=O)c1c(-c2ccc(-c3cc([C@H]4CC[C@@H](O)CC4)n4ncnc(N)c34)c(F)c2)ccn(-c2ccc(F)cc2)c1=O. The number of aliphatic hydroxyl groups excluding tert-OH is 1. The number of nitrogen functional groups attached to an aromatic ring is 1. The third kappa shape index (κ3) is 4.63. The highest BCUT2D eigenvalue weighted by molar-refractivity contribution is 6.00. The number of anilines is 1. The summed E-state index contributed by atoms with van der Waals surface area (Å²) in [6.45, 7) is 0. The van der Waals surface area contributed by atoms with Crippen LogP contribution in [0.3, 0.4) is 0 Å². The van der Waals surface area contributed by atoms with Crippen molar-refractivity contribution in [3.8, 4) is 27.9 Å².